The molecule has 2 nitrogen and oxygen atoms in total. The van der Waals surface area contributed by atoms with Gasteiger partial charge in [-0.1, -0.05) is 29.5 Å². The molecule has 3 heteroatoms. The van der Waals surface area contributed by atoms with E-state index >= 15 is 0 Å². The Kier molecular flexibility index (Phi) is 3.05. The van der Waals surface area contributed by atoms with Crippen molar-refractivity contribution in [3.63, 3.8) is 0 Å². The molecule has 0 aromatic carbocycles. The second-order valence-electron chi connectivity index (χ2n) is 2.00. The number of aryl methyl sites for hydroxylation is 1. The highest BCUT2D eigenvalue weighted by Crippen LogP contribution is 2.01. The lowest BCUT2D eigenvalue weighted by Crippen LogP contribution is -1.93. The van der Waals surface area contributed by atoms with Crippen LogP contribution in [0.25, 0.3) is 0 Å². The van der Waals surface area contributed by atoms with Crippen LogP contribution in [0.5, 0.6) is 0 Å². The van der Waals surface area contributed by atoms with E-state index in [1.165, 1.54) is 0 Å². The van der Waals surface area contributed by atoms with Crippen LogP contribution in [0.3, 0.4) is 0 Å². The van der Waals surface area contributed by atoms with Gasteiger partial charge in [0.05, 0.1) is 11.4 Å². The zero-order valence-electron chi connectivity index (χ0n) is 5.84. The Balaban J connectivity index is 2.80. The van der Waals surface area contributed by atoms with E-state index in [9.17, 15) is 0 Å². The molecule has 1 heterocycles. The van der Waals surface area contributed by atoms with Gasteiger partial charge in [0.2, 0.25) is 0 Å². The second-order valence-corrected chi connectivity index (χ2v) is 2.77. The average Bonchev–Trinajstić information content (AvgIpc) is 2.05. The fourth-order valence-electron chi connectivity index (χ4n) is 0.647. The molecule has 0 N–H and O–H groups in total. The van der Waals surface area contributed by atoms with Gasteiger partial charge in [0.25, 0.3) is 0 Å². The Morgan fingerprint density at radius 3 is 2.30 bits per heavy atom. The number of nitrogens with zero attached hydrogens (tertiary/aromatic N) is 2. The van der Waals surface area contributed by atoms with Crippen LogP contribution in [0.15, 0.2) is 12.1 Å². The monoisotopic (exact) mass is 248 g/mol. The molecule has 54 valence electrons. The Hall–Kier alpha value is -0.190. The minimum absolute atomic E-state index is 0.939. The summed E-state index contributed by atoms with van der Waals surface area (Å²) in [6, 6.07) is 4.05. The summed E-state index contributed by atoms with van der Waals surface area (Å²) in [5.74, 6) is 0. The first-order valence-corrected chi connectivity index (χ1v) is 4.76. The number of rotatable bonds is 2. The maximum atomic E-state index is 4.01. The van der Waals surface area contributed by atoms with Gasteiger partial charge >= 0.3 is 0 Å². The quantitative estimate of drug-likeness (QED) is 0.590. The maximum Gasteiger partial charge on any atom is 0.0728 e. The minimum atomic E-state index is 0.939. The van der Waals surface area contributed by atoms with Crippen molar-refractivity contribution in [3.8, 4) is 0 Å². The molecular weight excluding hydrogens is 239 g/mol. The topological polar surface area (TPSA) is 25.8 Å². The summed E-state index contributed by atoms with van der Waals surface area (Å²) in [6.07, 6.45) is 0.967. The van der Waals surface area contributed by atoms with Crippen molar-refractivity contribution in [3.05, 3.63) is 23.5 Å². The van der Waals surface area contributed by atoms with E-state index in [1.807, 2.05) is 12.1 Å². The molecule has 0 fully saturated rings. The Morgan fingerprint density at radius 1 is 1.30 bits per heavy atom. The highest BCUT2D eigenvalue weighted by molar-refractivity contribution is 14.1. The lowest BCUT2D eigenvalue weighted by Gasteiger charge is -1.94. The van der Waals surface area contributed by atoms with Gasteiger partial charge in [-0.15, -0.1) is 0 Å². The molecule has 0 amide bonds. The predicted octanol–water partition coefficient (Wildman–Crippen LogP) is 1.97. The van der Waals surface area contributed by atoms with Crippen molar-refractivity contribution in [1.82, 2.24) is 10.2 Å². The highest BCUT2D eigenvalue weighted by Gasteiger charge is 1.92. The van der Waals surface area contributed by atoms with Crippen LogP contribution in [-0.2, 0) is 10.8 Å². The molecule has 0 radical (unpaired) electrons. The molecule has 0 bridgehead atoms. The van der Waals surface area contributed by atoms with E-state index < -0.39 is 0 Å². The number of hydrogen-bond acceptors (Lipinski definition) is 2. The lowest BCUT2D eigenvalue weighted by atomic mass is 10.3. The molecule has 0 unspecified atom stereocenters. The normalized spacial score (nSPS) is 9.80. The van der Waals surface area contributed by atoms with Crippen LogP contribution in [-0.4, -0.2) is 10.2 Å². The van der Waals surface area contributed by atoms with Gasteiger partial charge in [0, 0.05) is 4.43 Å². The van der Waals surface area contributed by atoms with Gasteiger partial charge in [0.1, 0.15) is 0 Å². The maximum absolute atomic E-state index is 4.01. The molecule has 0 aliphatic rings. The molecule has 0 saturated heterocycles. The van der Waals surface area contributed by atoms with Crippen LogP contribution >= 0.6 is 22.6 Å². The summed E-state index contributed by atoms with van der Waals surface area (Å²) in [6.45, 7) is 2.08. The molecule has 1 aromatic heterocycles. The summed E-state index contributed by atoms with van der Waals surface area (Å²) in [4.78, 5) is 0. The molecule has 0 aliphatic carbocycles. The van der Waals surface area contributed by atoms with Gasteiger partial charge in [-0.25, -0.2) is 0 Å². The molecule has 1 rings (SSSR count). The van der Waals surface area contributed by atoms with Gasteiger partial charge in [-0.3, -0.25) is 0 Å². The molecule has 1 aromatic rings. The largest absolute Gasteiger partial charge is 0.155 e. The van der Waals surface area contributed by atoms with Gasteiger partial charge in [-0.05, 0) is 18.6 Å². The highest BCUT2D eigenvalue weighted by atomic mass is 127. The number of aromatic nitrogens is 2. The van der Waals surface area contributed by atoms with Crippen LogP contribution in [0.2, 0.25) is 0 Å². The summed E-state index contributed by atoms with van der Waals surface area (Å²) in [7, 11) is 0. The SMILES string of the molecule is CCc1ccc(CI)nn1. The smallest absolute Gasteiger partial charge is 0.0728 e. The van der Waals surface area contributed by atoms with Crippen LogP contribution < -0.4 is 0 Å². The van der Waals surface area contributed by atoms with Gasteiger partial charge in [-0.2, -0.15) is 10.2 Å². The third-order valence-electron chi connectivity index (χ3n) is 1.27. The summed E-state index contributed by atoms with van der Waals surface area (Å²) in [5.41, 5.74) is 2.12. The summed E-state index contributed by atoms with van der Waals surface area (Å²) in [5, 5.41) is 8.02. The van der Waals surface area contributed by atoms with Crippen molar-refractivity contribution in [2.75, 3.05) is 0 Å². The second kappa shape index (κ2) is 3.85. The fourth-order valence-corrected chi connectivity index (χ4v) is 1.05. The average molecular weight is 248 g/mol. The number of alkyl halides is 1. The first-order valence-electron chi connectivity index (χ1n) is 3.24. The summed E-state index contributed by atoms with van der Waals surface area (Å²) >= 11 is 2.27. The third kappa shape index (κ3) is 1.90. The molecule has 0 atom stereocenters. The molecule has 10 heavy (non-hydrogen) atoms. The number of halogens is 1. The third-order valence-corrected chi connectivity index (χ3v) is 2.06. The standard InChI is InChI=1S/C7H9IN2/c1-2-6-3-4-7(5-8)10-9-6/h3-4H,2,5H2,1H3. The lowest BCUT2D eigenvalue weighted by molar-refractivity contribution is 0.891. The van der Waals surface area contributed by atoms with E-state index in [4.69, 9.17) is 0 Å². The minimum Gasteiger partial charge on any atom is -0.155 e. The Labute approximate surface area is 74.2 Å². The van der Waals surface area contributed by atoms with Crippen molar-refractivity contribution < 1.29 is 0 Å². The fraction of sp³-hybridized carbons (Fsp3) is 0.429. The van der Waals surface area contributed by atoms with Crippen molar-refractivity contribution >= 4 is 22.6 Å². The van der Waals surface area contributed by atoms with Crippen LogP contribution in [0, 0.1) is 0 Å². The Morgan fingerprint density at radius 2 is 1.90 bits per heavy atom. The van der Waals surface area contributed by atoms with Crippen molar-refractivity contribution in [2.45, 2.75) is 17.8 Å². The zero-order valence-corrected chi connectivity index (χ0v) is 8.00. The first-order chi connectivity index (χ1) is 4.86. The number of hydrogen-bond donors (Lipinski definition) is 0. The van der Waals surface area contributed by atoms with Crippen molar-refractivity contribution in [2.24, 2.45) is 0 Å². The molecular formula is C7H9IN2. The molecule has 0 saturated carbocycles. The first kappa shape index (κ1) is 7.91. The van der Waals surface area contributed by atoms with Crippen LogP contribution in [0.1, 0.15) is 18.3 Å². The van der Waals surface area contributed by atoms with E-state index in [0.29, 0.717) is 0 Å². The van der Waals surface area contributed by atoms with E-state index in [-0.39, 0.29) is 0 Å². The summed E-state index contributed by atoms with van der Waals surface area (Å²) < 4.78 is 0.939. The van der Waals surface area contributed by atoms with E-state index in [0.717, 1.165) is 22.2 Å². The predicted molar refractivity (Wildman–Crippen MR) is 49.1 cm³/mol. The van der Waals surface area contributed by atoms with E-state index in [2.05, 4.69) is 39.7 Å². The Bertz CT molecular complexity index is 172. The molecule has 0 spiro atoms. The molecule has 0 aliphatic heterocycles. The van der Waals surface area contributed by atoms with Crippen LogP contribution in [0.4, 0.5) is 0 Å². The van der Waals surface area contributed by atoms with Crippen molar-refractivity contribution in [1.29, 1.82) is 0 Å². The van der Waals surface area contributed by atoms with Gasteiger partial charge in [0.15, 0.2) is 0 Å². The van der Waals surface area contributed by atoms with Gasteiger partial charge < -0.3 is 0 Å². The zero-order chi connectivity index (χ0) is 7.40. The van der Waals surface area contributed by atoms with E-state index in [1.54, 1.807) is 0 Å².